The summed E-state index contributed by atoms with van der Waals surface area (Å²) in [5, 5.41) is 2.71. The van der Waals surface area contributed by atoms with Crippen molar-refractivity contribution in [2.75, 3.05) is 26.6 Å². The topological polar surface area (TPSA) is 78.4 Å². The Labute approximate surface area is 81.4 Å². The average molecular weight is 200 g/mol. The fourth-order valence-electron chi connectivity index (χ4n) is 0.844. The average Bonchev–Trinajstić information content (AvgIpc) is 2.28. The van der Waals surface area contributed by atoms with Crippen molar-refractivity contribution in [3.63, 3.8) is 0 Å². The van der Waals surface area contributed by atoms with E-state index in [2.05, 4.69) is 20.3 Å². The smallest absolute Gasteiger partial charge is 0.313 e. The van der Waals surface area contributed by atoms with Crippen LogP contribution in [0.2, 0.25) is 0 Å². The number of hydrogen-bond donors (Lipinski definition) is 1. The van der Waals surface area contributed by atoms with Gasteiger partial charge in [-0.2, -0.15) is 0 Å². The largest absolute Gasteiger partial charge is 0.376 e. The maximum absolute atomic E-state index is 4.98. The van der Waals surface area contributed by atoms with Crippen LogP contribution in [-0.4, -0.2) is 42.4 Å². The lowest BCUT2D eigenvalue weighted by molar-refractivity contribution is -0.333. The van der Waals surface area contributed by atoms with Gasteiger partial charge < -0.3 is 14.2 Å². The molecule has 7 heteroatoms. The van der Waals surface area contributed by atoms with E-state index in [1.54, 1.807) is 0 Å². The van der Waals surface area contributed by atoms with Crippen molar-refractivity contribution in [2.24, 2.45) is 0 Å². The third-order valence-electron chi connectivity index (χ3n) is 1.56. The van der Waals surface area contributed by atoms with Gasteiger partial charge in [-0.3, -0.25) is 5.32 Å². The summed E-state index contributed by atoms with van der Waals surface area (Å²) in [5.74, 6) is 0.297. The van der Waals surface area contributed by atoms with E-state index in [0.29, 0.717) is 5.95 Å². The van der Waals surface area contributed by atoms with E-state index in [1.165, 1.54) is 34.0 Å². The van der Waals surface area contributed by atoms with Crippen LogP contribution in [0.15, 0.2) is 12.7 Å². The lowest BCUT2D eigenvalue weighted by atomic mass is 10.8. The van der Waals surface area contributed by atoms with E-state index in [9.17, 15) is 0 Å². The van der Waals surface area contributed by atoms with Gasteiger partial charge in [-0.1, -0.05) is 0 Å². The summed E-state index contributed by atoms with van der Waals surface area (Å²) in [6.45, 7) is 0. The molecule has 1 N–H and O–H groups in total. The van der Waals surface area contributed by atoms with Crippen LogP contribution in [0.1, 0.15) is 0 Å². The van der Waals surface area contributed by atoms with E-state index < -0.39 is 6.10 Å². The summed E-state index contributed by atoms with van der Waals surface area (Å²) >= 11 is 0. The van der Waals surface area contributed by atoms with Crippen LogP contribution < -0.4 is 5.32 Å². The maximum Gasteiger partial charge on any atom is 0.376 e. The number of rotatable bonds is 5. The SMILES string of the molecule is COC(Nc1ncncn1)(OC)OC. The highest BCUT2D eigenvalue weighted by molar-refractivity contribution is 5.22. The van der Waals surface area contributed by atoms with E-state index >= 15 is 0 Å². The van der Waals surface area contributed by atoms with Crippen LogP contribution in [0.3, 0.4) is 0 Å². The molecule has 0 aliphatic rings. The summed E-state index contributed by atoms with van der Waals surface area (Å²) in [4.78, 5) is 11.3. The standard InChI is InChI=1S/C7H12N4O3/c1-12-7(13-2,14-3)11-6-9-4-8-5-10-6/h4-5H,1-3H3,(H,8,9,10,11). The molecule has 0 aromatic carbocycles. The molecule has 1 aromatic rings. The van der Waals surface area contributed by atoms with Crippen molar-refractivity contribution in [3.8, 4) is 0 Å². The summed E-state index contributed by atoms with van der Waals surface area (Å²) in [6.07, 6.45) is 1.32. The Bertz CT molecular complexity index is 257. The first-order valence-corrected chi connectivity index (χ1v) is 3.82. The molecule has 0 aliphatic heterocycles. The second-order valence-corrected chi connectivity index (χ2v) is 2.26. The number of ether oxygens (including phenoxy) is 3. The second kappa shape index (κ2) is 4.80. The lowest BCUT2D eigenvalue weighted by Crippen LogP contribution is -2.44. The Morgan fingerprint density at radius 2 is 1.57 bits per heavy atom. The third kappa shape index (κ3) is 2.34. The normalized spacial score (nSPS) is 11.4. The number of nitrogens with one attached hydrogen (secondary N) is 1. The van der Waals surface area contributed by atoms with Crippen molar-refractivity contribution in [1.29, 1.82) is 0 Å². The predicted octanol–water partition coefficient (Wildman–Crippen LogP) is -0.166. The van der Waals surface area contributed by atoms with Gasteiger partial charge in [-0.25, -0.2) is 15.0 Å². The Balaban J connectivity index is 2.74. The van der Waals surface area contributed by atoms with Crippen LogP contribution in [0.5, 0.6) is 0 Å². The van der Waals surface area contributed by atoms with Gasteiger partial charge in [-0.15, -0.1) is 0 Å². The number of methoxy groups -OCH3 is 3. The van der Waals surface area contributed by atoms with Crippen molar-refractivity contribution in [3.05, 3.63) is 12.7 Å². The molecule has 0 radical (unpaired) electrons. The monoisotopic (exact) mass is 200 g/mol. The van der Waals surface area contributed by atoms with Crippen LogP contribution in [-0.2, 0) is 14.2 Å². The van der Waals surface area contributed by atoms with Gasteiger partial charge in [0.25, 0.3) is 0 Å². The molecule has 0 bridgehead atoms. The van der Waals surface area contributed by atoms with Gasteiger partial charge in [0.15, 0.2) is 0 Å². The fourth-order valence-corrected chi connectivity index (χ4v) is 0.844. The summed E-state index contributed by atoms with van der Waals surface area (Å²) < 4.78 is 15.0. The lowest BCUT2D eigenvalue weighted by Gasteiger charge is -2.28. The van der Waals surface area contributed by atoms with Crippen molar-refractivity contribution >= 4 is 5.95 Å². The van der Waals surface area contributed by atoms with Gasteiger partial charge >= 0.3 is 6.10 Å². The Morgan fingerprint density at radius 3 is 2.00 bits per heavy atom. The van der Waals surface area contributed by atoms with Crippen LogP contribution in [0.4, 0.5) is 5.95 Å². The van der Waals surface area contributed by atoms with Gasteiger partial charge in [-0.05, 0) is 0 Å². The predicted molar refractivity (Wildman–Crippen MR) is 47.2 cm³/mol. The number of nitrogens with zero attached hydrogens (tertiary/aromatic N) is 3. The molecule has 1 heterocycles. The number of anilines is 1. The van der Waals surface area contributed by atoms with Crippen molar-refractivity contribution < 1.29 is 14.2 Å². The first kappa shape index (κ1) is 10.8. The molecule has 0 spiro atoms. The molecule has 0 fully saturated rings. The maximum atomic E-state index is 4.98. The van der Waals surface area contributed by atoms with E-state index in [0.717, 1.165) is 0 Å². The van der Waals surface area contributed by atoms with E-state index in [1.807, 2.05) is 0 Å². The Morgan fingerprint density at radius 1 is 1.07 bits per heavy atom. The first-order valence-electron chi connectivity index (χ1n) is 3.82. The number of hydrogen-bond acceptors (Lipinski definition) is 7. The molecule has 78 valence electrons. The molecule has 1 rings (SSSR count). The highest BCUT2D eigenvalue weighted by Crippen LogP contribution is 2.13. The highest BCUT2D eigenvalue weighted by atomic mass is 16.9. The molecule has 0 unspecified atom stereocenters. The minimum atomic E-state index is -1.37. The Hall–Kier alpha value is -1.31. The highest BCUT2D eigenvalue weighted by Gasteiger charge is 2.30. The zero-order valence-corrected chi connectivity index (χ0v) is 8.22. The molecule has 0 saturated heterocycles. The van der Waals surface area contributed by atoms with E-state index in [-0.39, 0.29) is 0 Å². The zero-order chi connectivity index (χ0) is 10.4. The minimum Gasteiger partial charge on any atom is -0.313 e. The molecule has 0 saturated carbocycles. The molecular weight excluding hydrogens is 188 g/mol. The first-order chi connectivity index (χ1) is 6.76. The molecule has 1 aromatic heterocycles. The summed E-state index contributed by atoms with van der Waals surface area (Å²) in [6, 6.07) is 0. The van der Waals surface area contributed by atoms with Crippen molar-refractivity contribution in [1.82, 2.24) is 15.0 Å². The molecule has 0 atom stereocenters. The van der Waals surface area contributed by atoms with Gasteiger partial charge in [0.05, 0.1) is 0 Å². The molecular formula is C7H12N4O3. The van der Waals surface area contributed by atoms with Gasteiger partial charge in [0.2, 0.25) is 5.95 Å². The van der Waals surface area contributed by atoms with Crippen LogP contribution >= 0.6 is 0 Å². The van der Waals surface area contributed by atoms with Crippen LogP contribution in [0.25, 0.3) is 0 Å². The zero-order valence-electron chi connectivity index (χ0n) is 8.22. The van der Waals surface area contributed by atoms with Gasteiger partial charge in [0, 0.05) is 21.3 Å². The quantitative estimate of drug-likeness (QED) is 0.661. The number of aromatic nitrogens is 3. The fraction of sp³-hybridized carbons (Fsp3) is 0.571. The third-order valence-corrected chi connectivity index (χ3v) is 1.56. The Kier molecular flexibility index (Phi) is 3.69. The molecule has 14 heavy (non-hydrogen) atoms. The minimum absolute atomic E-state index is 0.297. The van der Waals surface area contributed by atoms with Crippen molar-refractivity contribution in [2.45, 2.75) is 6.10 Å². The van der Waals surface area contributed by atoms with Crippen LogP contribution in [0, 0.1) is 0 Å². The molecule has 0 amide bonds. The second-order valence-electron chi connectivity index (χ2n) is 2.26. The van der Waals surface area contributed by atoms with E-state index in [4.69, 9.17) is 14.2 Å². The molecule has 7 nitrogen and oxygen atoms in total. The van der Waals surface area contributed by atoms with Gasteiger partial charge in [0.1, 0.15) is 12.7 Å². The molecule has 0 aliphatic carbocycles. The summed E-state index contributed by atoms with van der Waals surface area (Å²) in [5.41, 5.74) is 0. The summed E-state index contributed by atoms with van der Waals surface area (Å²) in [7, 11) is 4.30.